The Balaban J connectivity index is 0. The van der Waals surface area contributed by atoms with Crippen molar-refractivity contribution in [3.05, 3.63) is 12.2 Å². The topological polar surface area (TPSA) is 63.6 Å². The minimum Gasteiger partial charge on any atom is -0.481 e. The van der Waals surface area contributed by atoms with Crippen LogP contribution in [0.3, 0.4) is 0 Å². The van der Waals surface area contributed by atoms with Crippen LogP contribution in [0.1, 0.15) is 220 Å². The van der Waals surface area contributed by atoms with Crippen LogP contribution < -0.4 is 0 Å². The lowest BCUT2D eigenvalue weighted by atomic mass is 10.0. The zero-order valence-corrected chi connectivity index (χ0v) is 29.6. The summed E-state index contributed by atoms with van der Waals surface area (Å²) in [5.41, 5.74) is 0. The highest BCUT2D eigenvalue weighted by Crippen LogP contribution is 2.14. The molecule has 0 amide bonds. The van der Waals surface area contributed by atoms with Gasteiger partial charge < -0.3 is 9.84 Å². The second-order valence-corrected chi connectivity index (χ2v) is 13.0. The maximum absolute atomic E-state index is 11.4. The normalized spacial score (nSPS) is 11.2. The number of hydrogen-bond donors (Lipinski definition) is 1. The van der Waals surface area contributed by atoms with Crippen molar-refractivity contribution in [2.75, 3.05) is 0 Å². The summed E-state index contributed by atoms with van der Waals surface area (Å²) >= 11 is 0. The fourth-order valence-electron chi connectivity index (χ4n) is 5.31. The van der Waals surface area contributed by atoms with Crippen LogP contribution in [0.2, 0.25) is 0 Å². The minimum atomic E-state index is -0.664. The average Bonchev–Trinajstić information content (AvgIpc) is 2.97. The van der Waals surface area contributed by atoms with Crippen LogP contribution in [0.5, 0.6) is 0 Å². The van der Waals surface area contributed by atoms with Gasteiger partial charge in [0.1, 0.15) is 0 Å². The van der Waals surface area contributed by atoms with E-state index in [1.54, 1.807) is 0 Å². The molecule has 0 saturated carbocycles. The number of rotatable bonds is 32. The Morgan fingerprint density at radius 3 is 1.12 bits per heavy atom. The number of carbonyl (C=O) groups excluding carboxylic acids is 1. The first-order valence-electron chi connectivity index (χ1n) is 19.0. The quantitative estimate of drug-likeness (QED) is 0.0469. The zero-order valence-electron chi connectivity index (χ0n) is 29.6. The molecule has 0 aliphatic heterocycles. The molecule has 43 heavy (non-hydrogen) atoms. The Labute approximate surface area is 269 Å². The molecule has 0 aromatic carbocycles. The highest BCUT2D eigenvalue weighted by Gasteiger charge is 2.04. The maximum Gasteiger partial charge on any atom is 0.306 e. The first-order valence-corrected chi connectivity index (χ1v) is 19.0. The first kappa shape index (κ1) is 43.8. The number of unbranched alkanes of at least 4 members (excludes halogenated alkanes) is 25. The lowest BCUT2D eigenvalue weighted by Crippen LogP contribution is -2.10. The van der Waals surface area contributed by atoms with E-state index in [0.29, 0.717) is 12.8 Å². The second kappa shape index (κ2) is 38.7. The van der Waals surface area contributed by atoms with Crippen LogP contribution in [0, 0.1) is 0 Å². The van der Waals surface area contributed by atoms with E-state index in [0.717, 1.165) is 19.3 Å². The fourth-order valence-corrected chi connectivity index (χ4v) is 5.31. The second-order valence-electron chi connectivity index (χ2n) is 13.0. The summed E-state index contributed by atoms with van der Waals surface area (Å²) in [4.78, 5) is 21.7. The summed E-state index contributed by atoms with van der Waals surface area (Å²) in [5, 5.41) is 8.51. The summed E-state index contributed by atoms with van der Waals surface area (Å²) < 4.78 is 5.13. The van der Waals surface area contributed by atoms with E-state index in [1.807, 2.05) is 13.8 Å². The summed E-state index contributed by atoms with van der Waals surface area (Å²) in [7, 11) is 0. The molecule has 1 N–H and O–H groups in total. The number of carboxylic acid groups (broad SMARTS) is 1. The zero-order chi connectivity index (χ0) is 32.1. The van der Waals surface area contributed by atoms with E-state index in [4.69, 9.17) is 9.84 Å². The number of esters is 1. The Bertz CT molecular complexity index is 584. The lowest BCUT2D eigenvalue weighted by molar-refractivity contribution is -0.147. The van der Waals surface area contributed by atoms with Gasteiger partial charge in [-0.2, -0.15) is 0 Å². The van der Waals surface area contributed by atoms with Crippen LogP contribution in [0.25, 0.3) is 0 Å². The summed E-state index contributed by atoms with van der Waals surface area (Å²) in [6.07, 6.45) is 42.2. The van der Waals surface area contributed by atoms with E-state index in [-0.39, 0.29) is 12.1 Å². The van der Waals surface area contributed by atoms with E-state index in [9.17, 15) is 9.59 Å². The van der Waals surface area contributed by atoms with Gasteiger partial charge in [0.05, 0.1) is 6.10 Å². The summed E-state index contributed by atoms with van der Waals surface area (Å²) in [6.45, 7) is 8.35. The van der Waals surface area contributed by atoms with Gasteiger partial charge in [-0.05, 0) is 52.4 Å². The molecule has 0 unspecified atom stereocenters. The van der Waals surface area contributed by atoms with E-state index in [2.05, 4.69) is 26.0 Å². The number of carboxylic acids is 1. The maximum atomic E-state index is 11.4. The lowest BCUT2D eigenvalue weighted by Gasteiger charge is -2.07. The molecule has 0 radical (unpaired) electrons. The van der Waals surface area contributed by atoms with Gasteiger partial charge in [0.15, 0.2) is 0 Å². The molecule has 0 atom stereocenters. The van der Waals surface area contributed by atoms with Gasteiger partial charge in [-0.15, -0.1) is 0 Å². The van der Waals surface area contributed by atoms with Gasteiger partial charge in [0, 0.05) is 12.8 Å². The Hall–Kier alpha value is -1.32. The van der Waals surface area contributed by atoms with Gasteiger partial charge in [0.2, 0.25) is 0 Å². The summed E-state index contributed by atoms with van der Waals surface area (Å²) in [5.74, 6) is -0.697. The van der Waals surface area contributed by atoms with Crippen LogP contribution in [0.4, 0.5) is 0 Å². The highest BCUT2D eigenvalue weighted by atomic mass is 16.5. The first-order chi connectivity index (χ1) is 20.9. The van der Waals surface area contributed by atoms with Gasteiger partial charge >= 0.3 is 11.9 Å². The number of hydrogen-bond acceptors (Lipinski definition) is 3. The third-order valence-corrected chi connectivity index (χ3v) is 8.00. The number of aliphatic carboxylic acids is 1. The van der Waals surface area contributed by atoms with Crippen molar-refractivity contribution < 1.29 is 19.4 Å². The predicted octanol–water partition coefficient (Wildman–Crippen LogP) is 13.3. The van der Waals surface area contributed by atoms with Gasteiger partial charge in [-0.1, -0.05) is 167 Å². The highest BCUT2D eigenvalue weighted by molar-refractivity contribution is 5.69. The number of carbonyl (C=O) groups is 2. The smallest absolute Gasteiger partial charge is 0.306 e. The van der Waals surface area contributed by atoms with Gasteiger partial charge in [0.25, 0.3) is 0 Å². The summed E-state index contributed by atoms with van der Waals surface area (Å²) in [6, 6.07) is 0. The molecule has 0 aromatic rings. The van der Waals surface area contributed by atoms with Crippen LogP contribution in [0.15, 0.2) is 12.2 Å². The molecule has 0 spiro atoms. The van der Waals surface area contributed by atoms with Gasteiger partial charge in [-0.25, -0.2) is 0 Å². The Morgan fingerprint density at radius 1 is 0.488 bits per heavy atom. The molecular formula is C39H76O4. The SMILES string of the molecule is CCCCCCCCC=CCCCCCCCC(=O)O.CCCCCCCCCCCCCCCCCC(=O)OC(C)C. The number of allylic oxidation sites excluding steroid dienone is 2. The van der Waals surface area contributed by atoms with Crippen molar-refractivity contribution in [1.29, 1.82) is 0 Å². The molecule has 0 aromatic heterocycles. The molecular weight excluding hydrogens is 532 g/mol. The molecule has 0 rings (SSSR count). The van der Waals surface area contributed by atoms with Crippen molar-refractivity contribution in [3.63, 3.8) is 0 Å². The molecule has 0 heterocycles. The van der Waals surface area contributed by atoms with E-state index in [1.165, 1.54) is 161 Å². The third kappa shape index (κ3) is 45.2. The molecule has 4 heteroatoms. The molecule has 0 bridgehead atoms. The van der Waals surface area contributed by atoms with Crippen molar-refractivity contribution >= 4 is 11.9 Å². The fraction of sp³-hybridized carbons (Fsp3) is 0.897. The molecule has 256 valence electrons. The van der Waals surface area contributed by atoms with Crippen molar-refractivity contribution in [2.24, 2.45) is 0 Å². The third-order valence-electron chi connectivity index (χ3n) is 8.00. The molecule has 4 nitrogen and oxygen atoms in total. The van der Waals surface area contributed by atoms with Crippen LogP contribution in [-0.2, 0) is 14.3 Å². The molecule has 0 aliphatic carbocycles. The van der Waals surface area contributed by atoms with Crippen molar-refractivity contribution in [3.8, 4) is 0 Å². The predicted molar refractivity (Wildman–Crippen MR) is 188 cm³/mol. The Morgan fingerprint density at radius 2 is 0.791 bits per heavy atom. The van der Waals surface area contributed by atoms with Gasteiger partial charge in [-0.3, -0.25) is 9.59 Å². The largest absolute Gasteiger partial charge is 0.481 e. The Kier molecular flexibility index (Phi) is 39.4. The van der Waals surface area contributed by atoms with Crippen LogP contribution >= 0.6 is 0 Å². The minimum absolute atomic E-state index is 0.0267. The van der Waals surface area contributed by atoms with Crippen molar-refractivity contribution in [2.45, 2.75) is 226 Å². The van der Waals surface area contributed by atoms with Crippen molar-refractivity contribution in [1.82, 2.24) is 0 Å². The standard InChI is InChI=1S/C21H42O2.C18H34O2/c1-4-5-6-7-8-9-10-11-12-13-14-15-16-17-18-19-21(22)23-20(2)3;1-2-3-4-5-6-7-8-9-10-11-12-13-14-15-16-17-18(19)20/h20H,4-19H2,1-3H3;9-10H,2-8,11-17H2,1H3,(H,19,20). The monoisotopic (exact) mass is 609 g/mol. The molecule has 0 fully saturated rings. The van der Waals surface area contributed by atoms with E-state index >= 15 is 0 Å². The number of ether oxygens (including phenoxy) is 1. The average molecular weight is 609 g/mol. The van der Waals surface area contributed by atoms with E-state index < -0.39 is 5.97 Å². The molecule has 0 saturated heterocycles. The van der Waals surface area contributed by atoms with Crippen LogP contribution in [-0.4, -0.2) is 23.1 Å². The molecule has 0 aliphatic rings.